The number of ether oxygens (including phenoxy) is 3. The van der Waals surface area contributed by atoms with Crippen molar-refractivity contribution in [1.29, 1.82) is 0 Å². The zero-order valence-electron chi connectivity index (χ0n) is 15.7. The molecule has 0 aliphatic carbocycles. The zero-order chi connectivity index (χ0) is 20.1. The van der Waals surface area contributed by atoms with Crippen LogP contribution < -0.4 is 14.8 Å². The third-order valence-electron chi connectivity index (χ3n) is 4.20. The highest BCUT2D eigenvalue weighted by Gasteiger charge is 2.21. The molecule has 1 atom stereocenters. The van der Waals surface area contributed by atoms with Crippen LogP contribution in [-0.2, 0) is 9.53 Å². The first-order valence-corrected chi connectivity index (χ1v) is 8.96. The van der Waals surface area contributed by atoms with Crippen LogP contribution in [0.25, 0.3) is 0 Å². The normalized spacial score (nSPS) is 13.8. The summed E-state index contributed by atoms with van der Waals surface area (Å²) < 4.78 is 16.3. The van der Waals surface area contributed by atoms with Crippen molar-refractivity contribution in [1.82, 2.24) is 0 Å². The molecular weight excluding hydrogens is 362 g/mol. The molecule has 1 aliphatic heterocycles. The van der Waals surface area contributed by atoms with Gasteiger partial charge in [0.25, 0.3) is 5.91 Å². The Hall–Kier alpha value is -3.35. The Morgan fingerprint density at radius 3 is 2.29 bits per heavy atom. The van der Waals surface area contributed by atoms with Crippen molar-refractivity contribution in [2.75, 3.05) is 18.5 Å². The first kappa shape index (κ1) is 19.4. The quantitative estimate of drug-likeness (QED) is 0.630. The maximum atomic E-state index is 12.4. The third kappa shape index (κ3) is 4.68. The van der Waals surface area contributed by atoms with Crippen LogP contribution in [0, 0.1) is 0 Å². The molecule has 0 fully saturated rings. The summed E-state index contributed by atoms with van der Waals surface area (Å²) in [5, 5.41) is 2.65. The van der Waals surface area contributed by atoms with Crippen molar-refractivity contribution >= 4 is 23.3 Å². The minimum atomic E-state index is -1.00. The van der Waals surface area contributed by atoms with E-state index in [1.54, 1.807) is 42.5 Å². The lowest BCUT2D eigenvalue weighted by Gasteiger charge is -2.14. The molecule has 3 rings (SSSR count). The molecule has 0 saturated heterocycles. The monoisotopic (exact) mass is 383 g/mol. The van der Waals surface area contributed by atoms with Crippen LogP contribution in [0.2, 0.25) is 0 Å². The fourth-order valence-corrected chi connectivity index (χ4v) is 2.60. The summed E-state index contributed by atoms with van der Waals surface area (Å²) in [5.74, 6) is -0.109. The second-order valence-corrected chi connectivity index (χ2v) is 6.38. The first-order valence-electron chi connectivity index (χ1n) is 8.96. The van der Waals surface area contributed by atoms with Gasteiger partial charge < -0.3 is 19.5 Å². The molecule has 0 unspecified atom stereocenters. The molecule has 2 aromatic carbocycles. The van der Waals surface area contributed by atoms with Crippen LogP contribution >= 0.6 is 0 Å². The largest absolute Gasteiger partial charge is 0.490 e. The molecule has 0 bridgehead atoms. The number of rotatable bonds is 5. The van der Waals surface area contributed by atoms with E-state index in [0.29, 0.717) is 36.0 Å². The summed E-state index contributed by atoms with van der Waals surface area (Å²) in [6.45, 7) is 4.02. The van der Waals surface area contributed by atoms with Crippen LogP contribution in [-0.4, -0.2) is 37.0 Å². The van der Waals surface area contributed by atoms with E-state index < -0.39 is 18.0 Å². The summed E-state index contributed by atoms with van der Waals surface area (Å²) in [6.07, 6.45) is -0.241. The number of amides is 1. The molecule has 28 heavy (non-hydrogen) atoms. The van der Waals surface area contributed by atoms with Crippen molar-refractivity contribution in [3.63, 3.8) is 0 Å². The van der Waals surface area contributed by atoms with Gasteiger partial charge in [0.15, 0.2) is 23.4 Å². The molecule has 7 heteroatoms. The minimum Gasteiger partial charge on any atom is -0.490 e. The maximum absolute atomic E-state index is 12.4. The van der Waals surface area contributed by atoms with E-state index >= 15 is 0 Å². The number of esters is 1. The van der Waals surface area contributed by atoms with E-state index in [1.807, 2.05) is 0 Å². The van der Waals surface area contributed by atoms with Gasteiger partial charge in [0.2, 0.25) is 0 Å². The number of Topliss-reactive ketones (excluding diaryl/α,β-unsaturated/α-hetero) is 1. The molecule has 7 nitrogen and oxygen atoms in total. The van der Waals surface area contributed by atoms with Gasteiger partial charge in [-0.05, 0) is 56.3 Å². The van der Waals surface area contributed by atoms with Gasteiger partial charge in [-0.15, -0.1) is 0 Å². The predicted octanol–water partition coefficient (Wildman–Crippen LogP) is 3.23. The van der Waals surface area contributed by atoms with Crippen LogP contribution in [0.4, 0.5) is 5.69 Å². The molecule has 1 aliphatic rings. The number of ketones is 1. The maximum Gasteiger partial charge on any atom is 0.339 e. The summed E-state index contributed by atoms with van der Waals surface area (Å²) in [7, 11) is 0. The molecule has 1 N–H and O–H groups in total. The van der Waals surface area contributed by atoms with Gasteiger partial charge in [0.1, 0.15) is 0 Å². The number of hydrogen-bond donors (Lipinski definition) is 1. The number of anilines is 1. The van der Waals surface area contributed by atoms with Crippen LogP contribution in [0.3, 0.4) is 0 Å². The van der Waals surface area contributed by atoms with Crippen molar-refractivity contribution in [2.24, 2.45) is 0 Å². The first-order chi connectivity index (χ1) is 13.4. The van der Waals surface area contributed by atoms with E-state index in [2.05, 4.69) is 5.32 Å². The molecule has 0 spiro atoms. The third-order valence-corrected chi connectivity index (χ3v) is 4.20. The smallest absolute Gasteiger partial charge is 0.339 e. The zero-order valence-corrected chi connectivity index (χ0v) is 15.7. The molecular formula is C21H21NO6. The van der Waals surface area contributed by atoms with Crippen LogP contribution in [0.5, 0.6) is 11.5 Å². The number of nitrogens with one attached hydrogen (secondary N) is 1. The Bertz CT molecular complexity index is 890. The Morgan fingerprint density at radius 2 is 1.61 bits per heavy atom. The van der Waals surface area contributed by atoms with E-state index in [4.69, 9.17) is 14.2 Å². The molecule has 0 radical (unpaired) electrons. The second-order valence-electron chi connectivity index (χ2n) is 6.38. The lowest BCUT2D eigenvalue weighted by Crippen LogP contribution is -2.30. The van der Waals surface area contributed by atoms with Crippen LogP contribution in [0.1, 0.15) is 41.0 Å². The fraction of sp³-hybridized carbons (Fsp3) is 0.286. The van der Waals surface area contributed by atoms with Gasteiger partial charge in [0, 0.05) is 17.7 Å². The van der Waals surface area contributed by atoms with E-state index in [1.165, 1.54) is 13.8 Å². The number of carbonyl (C=O) groups excluding carboxylic acids is 3. The summed E-state index contributed by atoms with van der Waals surface area (Å²) in [5.41, 5.74) is 1.33. The van der Waals surface area contributed by atoms with Gasteiger partial charge in [-0.3, -0.25) is 9.59 Å². The van der Waals surface area contributed by atoms with E-state index in [9.17, 15) is 14.4 Å². The molecule has 1 amide bonds. The Labute approximate surface area is 162 Å². The molecule has 146 valence electrons. The molecule has 1 heterocycles. The SMILES string of the molecule is CC(=O)c1ccc(NC(=O)[C@@H](C)OC(=O)c2ccc3c(c2)OCCCO3)cc1. The van der Waals surface area contributed by atoms with Crippen molar-refractivity contribution in [2.45, 2.75) is 26.4 Å². The predicted molar refractivity (Wildman–Crippen MR) is 102 cm³/mol. The van der Waals surface area contributed by atoms with Gasteiger partial charge >= 0.3 is 5.97 Å². The van der Waals surface area contributed by atoms with E-state index in [-0.39, 0.29) is 11.3 Å². The van der Waals surface area contributed by atoms with E-state index in [0.717, 1.165) is 6.42 Å². The minimum absolute atomic E-state index is 0.0599. The Kier molecular flexibility index (Phi) is 5.93. The number of carbonyl (C=O) groups is 3. The highest BCUT2D eigenvalue weighted by molar-refractivity contribution is 5.98. The summed E-state index contributed by atoms with van der Waals surface area (Å²) in [6, 6.07) is 11.2. The van der Waals surface area contributed by atoms with Crippen molar-refractivity contribution in [3.8, 4) is 11.5 Å². The lowest BCUT2D eigenvalue weighted by atomic mass is 10.1. The highest BCUT2D eigenvalue weighted by Crippen LogP contribution is 2.30. The Morgan fingerprint density at radius 1 is 0.964 bits per heavy atom. The second kappa shape index (κ2) is 8.56. The summed E-state index contributed by atoms with van der Waals surface area (Å²) in [4.78, 5) is 35.9. The topological polar surface area (TPSA) is 90.9 Å². The highest BCUT2D eigenvalue weighted by atomic mass is 16.5. The average molecular weight is 383 g/mol. The lowest BCUT2D eigenvalue weighted by molar-refractivity contribution is -0.123. The number of benzene rings is 2. The summed E-state index contributed by atoms with van der Waals surface area (Å²) >= 11 is 0. The molecule has 0 aromatic heterocycles. The Balaban J connectivity index is 1.61. The van der Waals surface area contributed by atoms with Gasteiger partial charge in [-0.25, -0.2) is 4.79 Å². The fourth-order valence-electron chi connectivity index (χ4n) is 2.60. The average Bonchev–Trinajstić information content (AvgIpc) is 2.93. The van der Waals surface area contributed by atoms with Crippen molar-refractivity contribution in [3.05, 3.63) is 53.6 Å². The molecule has 2 aromatic rings. The molecule has 0 saturated carbocycles. The number of fused-ring (bicyclic) bond motifs is 1. The number of hydrogen-bond acceptors (Lipinski definition) is 6. The van der Waals surface area contributed by atoms with Gasteiger partial charge in [-0.1, -0.05) is 0 Å². The standard InChI is InChI=1S/C21H21NO6/c1-13(23)15-4-7-17(8-5-15)22-20(24)14(2)28-21(25)16-6-9-18-19(12-16)27-11-3-10-26-18/h4-9,12,14H,3,10-11H2,1-2H3,(H,22,24)/t14-/m1/s1. The van der Waals surface area contributed by atoms with Gasteiger partial charge in [-0.2, -0.15) is 0 Å². The van der Waals surface area contributed by atoms with Crippen LogP contribution in [0.15, 0.2) is 42.5 Å². The van der Waals surface area contributed by atoms with Crippen molar-refractivity contribution < 1.29 is 28.6 Å². The van der Waals surface area contributed by atoms with Gasteiger partial charge in [0.05, 0.1) is 18.8 Å².